The molecule has 1 saturated heterocycles. The van der Waals surface area contributed by atoms with Crippen LogP contribution in [0, 0.1) is 13.8 Å². The van der Waals surface area contributed by atoms with Gasteiger partial charge in [0.25, 0.3) is 5.91 Å². The van der Waals surface area contributed by atoms with Crippen LogP contribution < -0.4 is 20.1 Å². The first-order valence-corrected chi connectivity index (χ1v) is 11.4. The van der Waals surface area contributed by atoms with Crippen molar-refractivity contribution in [1.29, 1.82) is 0 Å². The van der Waals surface area contributed by atoms with Gasteiger partial charge in [-0.2, -0.15) is 0 Å². The number of benzene rings is 3. The summed E-state index contributed by atoms with van der Waals surface area (Å²) in [5, 5.41) is 5.23. The van der Waals surface area contributed by atoms with Gasteiger partial charge in [0.2, 0.25) is 5.91 Å². The van der Waals surface area contributed by atoms with E-state index in [1.165, 1.54) is 18.7 Å². The van der Waals surface area contributed by atoms with Crippen molar-refractivity contribution in [2.45, 2.75) is 20.5 Å². The highest BCUT2D eigenvalue weighted by Crippen LogP contribution is 2.30. The number of rotatable bonds is 8. The summed E-state index contributed by atoms with van der Waals surface area (Å²) in [6.45, 7) is 3.91. The van der Waals surface area contributed by atoms with E-state index < -0.39 is 24.4 Å². The molecular formula is C28H27N3O5. The van der Waals surface area contributed by atoms with E-state index in [-0.39, 0.29) is 5.70 Å². The Morgan fingerprint density at radius 1 is 0.972 bits per heavy atom. The highest BCUT2D eigenvalue weighted by atomic mass is 16.5. The van der Waals surface area contributed by atoms with Crippen molar-refractivity contribution < 1.29 is 23.9 Å². The minimum atomic E-state index is -0.657. The molecule has 184 valence electrons. The molecule has 4 rings (SSSR count). The predicted molar refractivity (Wildman–Crippen MR) is 137 cm³/mol. The first-order chi connectivity index (χ1) is 17.3. The van der Waals surface area contributed by atoms with Crippen LogP contribution in [0.5, 0.6) is 11.5 Å². The number of aryl methyl sites for hydroxylation is 2. The van der Waals surface area contributed by atoms with Gasteiger partial charge in [0.15, 0.2) is 11.5 Å². The molecule has 1 fully saturated rings. The van der Waals surface area contributed by atoms with Crippen molar-refractivity contribution in [1.82, 2.24) is 10.2 Å². The predicted octanol–water partition coefficient (Wildman–Crippen LogP) is 4.42. The molecule has 0 radical (unpaired) electrons. The van der Waals surface area contributed by atoms with Crippen LogP contribution in [0.4, 0.5) is 10.5 Å². The maximum Gasteiger partial charge on any atom is 0.329 e. The summed E-state index contributed by atoms with van der Waals surface area (Å²) >= 11 is 0. The maximum atomic E-state index is 12.8. The number of methoxy groups -OCH3 is 1. The number of hydrogen-bond acceptors (Lipinski definition) is 5. The third-order valence-electron chi connectivity index (χ3n) is 5.58. The third kappa shape index (κ3) is 5.90. The molecule has 1 aliphatic rings. The molecule has 8 nitrogen and oxygen atoms in total. The normalized spacial score (nSPS) is 14.1. The second-order valence-corrected chi connectivity index (χ2v) is 8.48. The Bertz CT molecular complexity index is 1330. The molecule has 0 aromatic heterocycles. The Balaban J connectivity index is 1.42. The van der Waals surface area contributed by atoms with E-state index in [1.807, 2.05) is 50.2 Å². The molecule has 4 amide bonds. The largest absolute Gasteiger partial charge is 0.493 e. The van der Waals surface area contributed by atoms with Gasteiger partial charge in [-0.1, -0.05) is 48.0 Å². The number of carbonyl (C=O) groups is 3. The van der Waals surface area contributed by atoms with Crippen molar-refractivity contribution in [2.24, 2.45) is 0 Å². The first kappa shape index (κ1) is 24.5. The van der Waals surface area contributed by atoms with E-state index in [0.29, 0.717) is 29.4 Å². The van der Waals surface area contributed by atoms with Gasteiger partial charge < -0.3 is 20.1 Å². The average molecular weight is 486 g/mol. The molecule has 2 N–H and O–H groups in total. The Kier molecular flexibility index (Phi) is 7.34. The van der Waals surface area contributed by atoms with Gasteiger partial charge in [0.05, 0.1) is 7.11 Å². The summed E-state index contributed by atoms with van der Waals surface area (Å²) in [6, 6.07) is 19.9. The number of ether oxygens (including phenoxy) is 2. The monoisotopic (exact) mass is 485 g/mol. The van der Waals surface area contributed by atoms with Crippen LogP contribution >= 0.6 is 0 Å². The minimum absolute atomic E-state index is 0.0683. The van der Waals surface area contributed by atoms with Crippen LogP contribution in [0.2, 0.25) is 0 Å². The Morgan fingerprint density at radius 3 is 2.47 bits per heavy atom. The van der Waals surface area contributed by atoms with Gasteiger partial charge in [0.1, 0.15) is 18.8 Å². The van der Waals surface area contributed by atoms with E-state index in [2.05, 4.69) is 10.6 Å². The number of nitrogens with one attached hydrogen (secondary N) is 2. The number of carbonyl (C=O) groups excluding carboxylic acids is 3. The summed E-state index contributed by atoms with van der Waals surface area (Å²) in [6.07, 6.45) is 1.53. The standard InChI is InChI=1S/C28H27N3O5/c1-18-7-9-20(10-8-18)17-36-24-12-11-21(15-25(24)35-3)14-23-27(33)31(28(34)30-23)16-26(32)29-22-6-4-5-19(2)13-22/h4-15H,16-17H2,1-3H3,(H,29,32)(H,30,34)/b23-14+. The zero-order valence-electron chi connectivity index (χ0n) is 20.3. The Labute approximate surface area is 209 Å². The molecule has 36 heavy (non-hydrogen) atoms. The van der Waals surface area contributed by atoms with Gasteiger partial charge in [-0.05, 0) is 60.9 Å². The van der Waals surface area contributed by atoms with Gasteiger partial charge >= 0.3 is 6.03 Å². The molecular weight excluding hydrogens is 458 g/mol. The van der Waals surface area contributed by atoms with Crippen molar-refractivity contribution in [3.05, 3.63) is 94.7 Å². The molecule has 0 bridgehead atoms. The molecule has 1 heterocycles. The first-order valence-electron chi connectivity index (χ1n) is 11.4. The fraction of sp³-hybridized carbons (Fsp3) is 0.179. The second-order valence-electron chi connectivity index (χ2n) is 8.48. The summed E-state index contributed by atoms with van der Waals surface area (Å²) in [5.41, 5.74) is 4.48. The second kappa shape index (κ2) is 10.8. The lowest BCUT2D eigenvalue weighted by molar-refractivity contribution is -0.127. The lowest BCUT2D eigenvalue weighted by Crippen LogP contribution is -2.38. The summed E-state index contributed by atoms with van der Waals surface area (Å²) < 4.78 is 11.4. The van der Waals surface area contributed by atoms with Crippen molar-refractivity contribution in [2.75, 3.05) is 19.0 Å². The minimum Gasteiger partial charge on any atom is -0.493 e. The van der Waals surface area contributed by atoms with Crippen LogP contribution in [0.3, 0.4) is 0 Å². The lowest BCUT2D eigenvalue weighted by atomic mass is 10.1. The summed E-state index contributed by atoms with van der Waals surface area (Å²) in [5.74, 6) is -0.0146. The Hall–Kier alpha value is -4.59. The van der Waals surface area contributed by atoms with E-state index >= 15 is 0 Å². The SMILES string of the molecule is COc1cc(/C=C2/NC(=O)N(CC(=O)Nc3cccc(C)c3)C2=O)ccc1OCc1ccc(C)cc1. The summed E-state index contributed by atoms with van der Waals surface area (Å²) in [7, 11) is 1.53. The highest BCUT2D eigenvalue weighted by molar-refractivity contribution is 6.16. The van der Waals surface area contributed by atoms with Crippen LogP contribution in [0.1, 0.15) is 22.3 Å². The van der Waals surface area contributed by atoms with Crippen LogP contribution in [0.25, 0.3) is 6.08 Å². The molecule has 0 aliphatic carbocycles. The zero-order valence-corrected chi connectivity index (χ0v) is 20.3. The van der Waals surface area contributed by atoms with Crippen LogP contribution in [-0.4, -0.2) is 36.4 Å². The number of amides is 4. The number of anilines is 1. The molecule has 8 heteroatoms. The van der Waals surface area contributed by atoms with Gasteiger partial charge in [-0.15, -0.1) is 0 Å². The fourth-order valence-electron chi connectivity index (χ4n) is 3.69. The number of hydrogen-bond donors (Lipinski definition) is 2. The zero-order chi connectivity index (χ0) is 25.7. The van der Waals surface area contributed by atoms with Crippen LogP contribution in [-0.2, 0) is 16.2 Å². The van der Waals surface area contributed by atoms with Crippen LogP contribution in [0.15, 0.2) is 72.4 Å². The van der Waals surface area contributed by atoms with E-state index in [1.54, 1.807) is 30.3 Å². The quantitative estimate of drug-likeness (QED) is 0.364. The van der Waals surface area contributed by atoms with Gasteiger partial charge in [-0.3, -0.25) is 9.59 Å². The summed E-state index contributed by atoms with van der Waals surface area (Å²) in [4.78, 5) is 38.5. The maximum absolute atomic E-state index is 12.8. The lowest BCUT2D eigenvalue weighted by Gasteiger charge is -2.12. The van der Waals surface area contributed by atoms with Crippen molar-refractivity contribution >= 4 is 29.6 Å². The molecule has 0 saturated carbocycles. The Morgan fingerprint density at radius 2 is 1.75 bits per heavy atom. The number of imide groups is 1. The van der Waals surface area contributed by atoms with Gasteiger partial charge in [-0.25, -0.2) is 9.69 Å². The van der Waals surface area contributed by atoms with E-state index in [4.69, 9.17) is 9.47 Å². The van der Waals surface area contributed by atoms with Crippen molar-refractivity contribution in [3.63, 3.8) is 0 Å². The van der Waals surface area contributed by atoms with E-state index in [9.17, 15) is 14.4 Å². The highest BCUT2D eigenvalue weighted by Gasteiger charge is 2.35. The number of urea groups is 1. The molecule has 0 atom stereocenters. The average Bonchev–Trinajstić information content (AvgIpc) is 3.11. The topological polar surface area (TPSA) is 97.0 Å². The molecule has 0 unspecified atom stereocenters. The van der Waals surface area contributed by atoms with Crippen molar-refractivity contribution in [3.8, 4) is 11.5 Å². The van der Waals surface area contributed by atoms with E-state index in [0.717, 1.165) is 16.0 Å². The third-order valence-corrected chi connectivity index (χ3v) is 5.58. The molecule has 3 aromatic carbocycles. The van der Waals surface area contributed by atoms with Gasteiger partial charge in [0, 0.05) is 5.69 Å². The number of nitrogens with zero attached hydrogens (tertiary/aromatic N) is 1. The fourth-order valence-corrected chi connectivity index (χ4v) is 3.69. The molecule has 1 aliphatic heterocycles. The molecule has 3 aromatic rings. The smallest absolute Gasteiger partial charge is 0.329 e. The molecule has 0 spiro atoms.